The Morgan fingerprint density at radius 1 is 1.00 bits per heavy atom. The molecule has 2 heterocycles. The molecule has 2 aromatic rings. The van der Waals surface area contributed by atoms with E-state index >= 15 is 0 Å². The molecule has 0 radical (unpaired) electrons. The second-order valence-corrected chi connectivity index (χ2v) is 7.44. The Labute approximate surface area is 162 Å². The summed E-state index contributed by atoms with van der Waals surface area (Å²) in [6.45, 7) is 5.69. The lowest BCUT2D eigenvalue weighted by atomic mass is 9.89. The summed E-state index contributed by atoms with van der Waals surface area (Å²) in [4.78, 5) is 39.1. The minimum absolute atomic E-state index is 0.227. The van der Waals surface area contributed by atoms with Gasteiger partial charge in [0, 0.05) is 5.56 Å². The van der Waals surface area contributed by atoms with E-state index in [1.807, 2.05) is 26.8 Å². The number of benzene rings is 2. The van der Waals surface area contributed by atoms with Crippen molar-refractivity contribution in [3.8, 4) is 11.5 Å². The standard InChI is InChI=1S/C22H19NO5/c1-12-11-22(2,3)23-18-16(12)9-15(10-17(18)19(24)20(23)25)28-21(26)13-5-7-14(27-4)8-6-13/h5-11H,1-4H3. The van der Waals surface area contributed by atoms with Crippen LogP contribution in [0.3, 0.4) is 0 Å². The molecule has 0 unspecified atom stereocenters. The Morgan fingerprint density at radius 3 is 2.29 bits per heavy atom. The molecule has 28 heavy (non-hydrogen) atoms. The Morgan fingerprint density at radius 2 is 1.64 bits per heavy atom. The SMILES string of the molecule is COc1ccc(C(=O)Oc2cc3c4c(c2)C(C)=CC(C)(C)N4C(=O)C3=O)cc1. The quantitative estimate of drug-likeness (QED) is 0.464. The summed E-state index contributed by atoms with van der Waals surface area (Å²) in [5, 5.41) is 0. The molecule has 0 fully saturated rings. The summed E-state index contributed by atoms with van der Waals surface area (Å²) < 4.78 is 10.6. The van der Waals surface area contributed by atoms with Crippen LogP contribution in [0.5, 0.6) is 11.5 Å². The number of ketones is 1. The summed E-state index contributed by atoms with van der Waals surface area (Å²) in [5.74, 6) is -0.851. The van der Waals surface area contributed by atoms with Gasteiger partial charge in [0.2, 0.25) is 0 Å². The zero-order valence-corrected chi connectivity index (χ0v) is 16.0. The van der Waals surface area contributed by atoms with Crippen LogP contribution in [0.15, 0.2) is 42.5 Å². The third-order valence-corrected chi connectivity index (χ3v) is 5.06. The number of rotatable bonds is 3. The molecule has 0 N–H and O–H groups in total. The molecule has 0 atom stereocenters. The van der Waals surface area contributed by atoms with Gasteiger partial charge in [0.15, 0.2) is 0 Å². The largest absolute Gasteiger partial charge is 0.497 e. The number of ether oxygens (including phenoxy) is 2. The van der Waals surface area contributed by atoms with Crippen molar-refractivity contribution in [3.63, 3.8) is 0 Å². The van der Waals surface area contributed by atoms with Gasteiger partial charge in [0.05, 0.1) is 29.5 Å². The summed E-state index contributed by atoms with van der Waals surface area (Å²) in [5.41, 5.74) is 2.24. The van der Waals surface area contributed by atoms with E-state index in [9.17, 15) is 14.4 Å². The number of anilines is 1. The van der Waals surface area contributed by atoms with Crippen LogP contribution >= 0.6 is 0 Å². The van der Waals surface area contributed by atoms with Gasteiger partial charge in [-0.05, 0) is 62.7 Å². The minimum atomic E-state index is -0.601. The van der Waals surface area contributed by atoms with Crippen molar-refractivity contribution in [2.45, 2.75) is 26.3 Å². The maximum atomic E-state index is 12.6. The van der Waals surface area contributed by atoms with Crippen LogP contribution in [-0.2, 0) is 4.79 Å². The molecule has 2 aliphatic heterocycles. The number of carbonyl (C=O) groups excluding carboxylic acids is 3. The summed E-state index contributed by atoms with van der Waals surface area (Å²) >= 11 is 0. The van der Waals surface area contributed by atoms with Gasteiger partial charge in [0.1, 0.15) is 11.5 Å². The number of methoxy groups -OCH3 is 1. The zero-order valence-electron chi connectivity index (χ0n) is 16.0. The lowest BCUT2D eigenvalue weighted by Crippen LogP contribution is -2.47. The Hall–Kier alpha value is -3.41. The summed E-state index contributed by atoms with van der Waals surface area (Å²) in [7, 11) is 1.54. The van der Waals surface area contributed by atoms with Crippen molar-refractivity contribution in [1.82, 2.24) is 0 Å². The second kappa shape index (κ2) is 6.05. The Kier molecular flexibility index (Phi) is 3.89. The van der Waals surface area contributed by atoms with E-state index in [-0.39, 0.29) is 11.3 Å². The number of esters is 1. The second-order valence-electron chi connectivity index (χ2n) is 7.44. The summed E-state index contributed by atoms with van der Waals surface area (Å²) in [6.07, 6.45) is 1.94. The fourth-order valence-electron chi connectivity index (χ4n) is 3.81. The normalized spacial score (nSPS) is 16.6. The molecule has 2 aliphatic rings. The number of allylic oxidation sites excluding steroid dienone is 1. The van der Waals surface area contributed by atoms with Crippen molar-refractivity contribution in [2.24, 2.45) is 0 Å². The van der Waals surface area contributed by atoms with Gasteiger partial charge >= 0.3 is 5.97 Å². The Bertz CT molecular complexity index is 1060. The van der Waals surface area contributed by atoms with E-state index < -0.39 is 23.2 Å². The van der Waals surface area contributed by atoms with Crippen molar-refractivity contribution >= 4 is 28.9 Å². The van der Waals surface area contributed by atoms with E-state index in [4.69, 9.17) is 9.47 Å². The zero-order chi connectivity index (χ0) is 20.2. The number of amides is 1. The van der Waals surface area contributed by atoms with Gasteiger partial charge in [-0.25, -0.2) is 4.79 Å². The van der Waals surface area contributed by atoms with Gasteiger partial charge in [0.25, 0.3) is 11.7 Å². The van der Waals surface area contributed by atoms with Crippen LogP contribution in [0.2, 0.25) is 0 Å². The maximum absolute atomic E-state index is 12.6. The van der Waals surface area contributed by atoms with Crippen molar-refractivity contribution in [1.29, 1.82) is 0 Å². The molecule has 0 saturated carbocycles. The average Bonchev–Trinajstić information content (AvgIpc) is 2.92. The third-order valence-electron chi connectivity index (χ3n) is 5.06. The molecule has 0 saturated heterocycles. The number of hydrogen-bond acceptors (Lipinski definition) is 5. The number of nitrogens with zero attached hydrogens (tertiary/aromatic N) is 1. The molecule has 142 valence electrons. The predicted octanol–water partition coefficient (Wildman–Crippen LogP) is 3.64. The van der Waals surface area contributed by atoms with Crippen LogP contribution < -0.4 is 14.4 Å². The molecule has 6 heteroatoms. The first-order valence-corrected chi connectivity index (χ1v) is 8.86. The molecule has 6 nitrogen and oxygen atoms in total. The topological polar surface area (TPSA) is 72.9 Å². The van der Waals surface area contributed by atoms with Gasteiger partial charge < -0.3 is 9.47 Å². The highest BCUT2D eigenvalue weighted by Crippen LogP contribution is 2.46. The van der Waals surface area contributed by atoms with E-state index in [1.165, 1.54) is 11.0 Å². The van der Waals surface area contributed by atoms with E-state index in [1.54, 1.807) is 37.4 Å². The molecule has 0 aromatic heterocycles. The van der Waals surface area contributed by atoms with Crippen molar-refractivity contribution in [2.75, 3.05) is 12.0 Å². The van der Waals surface area contributed by atoms with Gasteiger partial charge in [-0.2, -0.15) is 0 Å². The lowest BCUT2D eigenvalue weighted by molar-refractivity contribution is -0.115. The fourth-order valence-corrected chi connectivity index (χ4v) is 3.81. The van der Waals surface area contributed by atoms with Crippen LogP contribution in [-0.4, -0.2) is 30.3 Å². The van der Waals surface area contributed by atoms with Crippen LogP contribution in [0.1, 0.15) is 47.1 Å². The highest BCUT2D eigenvalue weighted by atomic mass is 16.5. The molecular weight excluding hydrogens is 358 g/mol. The first-order chi connectivity index (χ1) is 13.2. The molecular formula is C22H19NO5. The van der Waals surface area contributed by atoms with Crippen LogP contribution in [0, 0.1) is 0 Å². The van der Waals surface area contributed by atoms with Crippen molar-refractivity contribution < 1.29 is 23.9 Å². The highest BCUT2D eigenvalue weighted by molar-refractivity contribution is 6.53. The molecule has 4 rings (SSSR count). The van der Waals surface area contributed by atoms with Crippen molar-refractivity contribution in [3.05, 3.63) is 59.2 Å². The molecule has 2 aromatic carbocycles. The Balaban J connectivity index is 1.74. The predicted molar refractivity (Wildman–Crippen MR) is 104 cm³/mol. The van der Waals surface area contributed by atoms with Gasteiger partial charge in [-0.3, -0.25) is 14.5 Å². The van der Waals surface area contributed by atoms with E-state index in [0.717, 1.165) is 5.57 Å². The molecule has 0 bridgehead atoms. The van der Waals surface area contributed by atoms with Crippen LogP contribution in [0.25, 0.3) is 5.57 Å². The lowest BCUT2D eigenvalue weighted by Gasteiger charge is -2.38. The smallest absolute Gasteiger partial charge is 0.343 e. The molecule has 1 amide bonds. The van der Waals surface area contributed by atoms with Gasteiger partial charge in [-0.15, -0.1) is 0 Å². The van der Waals surface area contributed by atoms with E-state index in [0.29, 0.717) is 22.6 Å². The monoisotopic (exact) mass is 377 g/mol. The number of Topliss-reactive ketones (excluding diaryl/α,β-unsaturated/α-hetero) is 1. The first-order valence-electron chi connectivity index (χ1n) is 8.86. The number of hydrogen-bond donors (Lipinski definition) is 0. The highest BCUT2D eigenvalue weighted by Gasteiger charge is 2.47. The van der Waals surface area contributed by atoms with Crippen LogP contribution in [0.4, 0.5) is 5.69 Å². The molecule has 0 spiro atoms. The number of carbonyl (C=O) groups is 3. The third kappa shape index (κ3) is 2.60. The fraction of sp³-hybridized carbons (Fsp3) is 0.227. The molecule has 0 aliphatic carbocycles. The van der Waals surface area contributed by atoms with Gasteiger partial charge in [-0.1, -0.05) is 6.08 Å². The first kappa shape index (κ1) is 18.0. The summed E-state index contributed by atoms with van der Waals surface area (Å²) in [6, 6.07) is 9.69. The average molecular weight is 377 g/mol. The van der Waals surface area contributed by atoms with E-state index in [2.05, 4.69) is 0 Å². The minimum Gasteiger partial charge on any atom is -0.497 e. The maximum Gasteiger partial charge on any atom is 0.343 e.